The van der Waals surface area contributed by atoms with Gasteiger partial charge in [0.05, 0.1) is 5.69 Å². The fourth-order valence-electron chi connectivity index (χ4n) is 1.61. The fourth-order valence-corrected chi connectivity index (χ4v) is 2.52. The zero-order valence-electron chi connectivity index (χ0n) is 10.0. The third-order valence-electron chi connectivity index (χ3n) is 2.74. The first-order chi connectivity index (χ1) is 7.70. The highest BCUT2D eigenvalue weighted by Crippen LogP contribution is 2.25. The maximum absolute atomic E-state index is 4.59. The molecule has 1 heterocycles. The Balaban J connectivity index is 2.27. The Morgan fingerprint density at radius 3 is 2.38 bits per heavy atom. The van der Waals surface area contributed by atoms with E-state index >= 15 is 0 Å². The number of aromatic nitrogens is 1. The van der Waals surface area contributed by atoms with Gasteiger partial charge < -0.3 is 0 Å². The minimum Gasteiger partial charge on any atom is -0.241 e. The van der Waals surface area contributed by atoms with Crippen LogP contribution in [0.2, 0.25) is 0 Å². The quantitative estimate of drug-likeness (QED) is 0.758. The van der Waals surface area contributed by atoms with Gasteiger partial charge in [0.2, 0.25) is 0 Å². The highest BCUT2D eigenvalue weighted by Gasteiger charge is 2.04. The van der Waals surface area contributed by atoms with Crippen LogP contribution in [0.4, 0.5) is 0 Å². The van der Waals surface area contributed by atoms with Crippen LogP contribution in [0.1, 0.15) is 37.9 Å². The molecule has 0 unspecified atom stereocenters. The monoisotopic (exact) mass is 231 g/mol. The van der Waals surface area contributed by atoms with Crippen molar-refractivity contribution in [2.24, 2.45) is 0 Å². The molecule has 0 amide bonds. The van der Waals surface area contributed by atoms with Gasteiger partial charge in [-0.1, -0.05) is 45.0 Å². The van der Waals surface area contributed by atoms with Gasteiger partial charge in [0, 0.05) is 10.9 Å². The summed E-state index contributed by atoms with van der Waals surface area (Å²) in [5, 5.41) is 3.28. The van der Waals surface area contributed by atoms with E-state index in [9.17, 15) is 0 Å². The summed E-state index contributed by atoms with van der Waals surface area (Å²) < 4.78 is 0. The Hall–Kier alpha value is -1.15. The predicted molar refractivity (Wildman–Crippen MR) is 71.0 cm³/mol. The lowest BCUT2D eigenvalue weighted by Crippen LogP contribution is -1.86. The zero-order valence-corrected chi connectivity index (χ0v) is 10.8. The molecule has 0 saturated carbocycles. The van der Waals surface area contributed by atoms with Gasteiger partial charge in [0.15, 0.2) is 0 Å². The third kappa shape index (κ3) is 2.33. The summed E-state index contributed by atoms with van der Waals surface area (Å²) in [5.41, 5.74) is 3.80. The van der Waals surface area contributed by atoms with E-state index in [2.05, 4.69) is 55.4 Å². The van der Waals surface area contributed by atoms with Gasteiger partial charge in [0.1, 0.15) is 5.01 Å². The molecule has 0 spiro atoms. The van der Waals surface area contributed by atoms with Gasteiger partial charge in [-0.15, -0.1) is 11.3 Å². The molecule has 1 aromatic heterocycles. The summed E-state index contributed by atoms with van der Waals surface area (Å²) >= 11 is 1.73. The van der Waals surface area contributed by atoms with Gasteiger partial charge in [-0.25, -0.2) is 4.98 Å². The van der Waals surface area contributed by atoms with Crippen LogP contribution < -0.4 is 0 Å². The number of nitrogens with zero attached hydrogens (tertiary/aromatic N) is 1. The average Bonchev–Trinajstić information content (AvgIpc) is 2.77. The van der Waals surface area contributed by atoms with Crippen LogP contribution in [-0.4, -0.2) is 4.98 Å². The van der Waals surface area contributed by atoms with Crippen LogP contribution in [0.5, 0.6) is 0 Å². The van der Waals surface area contributed by atoms with Gasteiger partial charge >= 0.3 is 0 Å². The third-order valence-corrected chi connectivity index (χ3v) is 3.68. The van der Waals surface area contributed by atoms with E-state index in [4.69, 9.17) is 0 Å². The largest absolute Gasteiger partial charge is 0.241 e. The number of thiazole rings is 1. The Morgan fingerprint density at radius 2 is 1.88 bits per heavy atom. The van der Waals surface area contributed by atoms with E-state index < -0.39 is 0 Å². The first-order valence-electron chi connectivity index (χ1n) is 5.75. The van der Waals surface area contributed by atoms with Crippen LogP contribution in [-0.2, 0) is 6.42 Å². The standard InChI is InChI=1S/C14H17NS/c1-4-13-9-16-14(15-13)12-7-5-11(6-8-12)10(2)3/h5-10H,4H2,1-3H3. The van der Waals surface area contributed by atoms with Crippen molar-refractivity contribution in [3.63, 3.8) is 0 Å². The molecular formula is C14H17NS. The van der Waals surface area contributed by atoms with Crippen molar-refractivity contribution in [3.8, 4) is 10.6 Å². The van der Waals surface area contributed by atoms with Crippen molar-refractivity contribution in [3.05, 3.63) is 40.9 Å². The zero-order chi connectivity index (χ0) is 11.5. The van der Waals surface area contributed by atoms with Crippen LogP contribution in [0.25, 0.3) is 10.6 Å². The van der Waals surface area contributed by atoms with Gasteiger partial charge in [0.25, 0.3) is 0 Å². The molecule has 2 rings (SSSR count). The molecule has 1 nitrogen and oxygen atoms in total. The summed E-state index contributed by atoms with van der Waals surface area (Å²) in [6, 6.07) is 8.75. The highest BCUT2D eigenvalue weighted by molar-refractivity contribution is 7.13. The topological polar surface area (TPSA) is 12.9 Å². The summed E-state index contributed by atoms with van der Waals surface area (Å²) in [7, 11) is 0. The first-order valence-corrected chi connectivity index (χ1v) is 6.63. The lowest BCUT2D eigenvalue weighted by atomic mass is 10.0. The SMILES string of the molecule is CCc1csc(-c2ccc(C(C)C)cc2)n1. The second-order valence-electron chi connectivity index (χ2n) is 4.27. The molecule has 84 valence electrons. The predicted octanol–water partition coefficient (Wildman–Crippen LogP) is 4.50. The van der Waals surface area contributed by atoms with Crippen LogP contribution >= 0.6 is 11.3 Å². The molecule has 0 aliphatic heterocycles. The van der Waals surface area contributed by atoms with E-state index in [1.165, 1.54) is 16.8 Å². The van der Waals surface area contributed by atoms with Crippen molar-refractivity contribution in [1.29, 1.82) is 0 Å². The van der Waals surface area contributed by atoms with E-state index in [1.54, 1.807) is 11.3 Å². The van der Waals surface area contributed by atoms with Gasteiger partial charge in [-0.3, -0.25) is 0 Å². The lowest BCUT2D eigenvalue weighted by Gasteiger charge is -2.05. The molecule has 2 aromatic rings. The molecule has 0 aliphatic carbocycles. The molecule has 0 N–H and O–H groups in total. The maximum atomic E-state index is 4.59. The second kappa shape index (κ2) is 4.79. The Morgan fingerprint density at radius 1 is 1.19 bits per heavy atom. The van der Waals surface area contributed by atoms with Crippen molar-refractivity contribution < 1.29 is 0 Å². The van der Waals surface area contributed by atoms with Crippen molar-refractivity contribution >= 4 is 11.3 Å². The van der Waals surface area contributed by atoms with Gasteiger partial charge in [-0.2, -0.15) is 0 Å². The number of hydrogen-bond donors (Lipinski definition) is 0. The average molecular weight is 231 g/mol. The molecule has 0 fully saturated rings. The number of hydrogen-bond acceptors (Lipinski definition) is 2. The molecule has 0 aliphatic rings. The Kier molecular flexibility index (Phi) is 3.39. The van der Waals surface area contributed by atoms with Crippen molar-refractivity contribution in [2.75, 3.05) is 0 Å². The lowest BCUT2D eigenvalue weighted by molar-refractivity contribution is 0.867. The highest BCUT2D eigenvalue weighted by atomic mass is 32.1. The second-order valence-corrected chi connectivity index (χ2v) is 5.13. The van der Waals surface area contributed by atoms with Crippen molar-refractivity contribution in [1.82, 2.24) is 4.98 Å². The minimum absolute atomic E-state index is 0.594. The van der Waals surface area contributed by atoms with E-state index in [0.717, 1.165) is 11.4 Å². The Labute approximate surface area is 101 Å². The number of rotatable bonds is 3. The normalized spacial score (nSPS) is 11.0. The van der Waals surface area contributed by atoms with E-state index in [-0.39, 0.29) is 0 Å². The van der Waals surface area contributed by atoms with Crippen LogP contribution in [0.15, 0.2) is 29.6 Å². The van der Waals surface area contributed by atoms with Crippen molar-refractivity contribution in [2.45, 2.75) is 33.1 Å². The molecule has 0 bridgehead atoms. The maximum Gasteiger partial charge on any atom is 0.123 e. The molecule has 0 saturated heterocycles. The summed E-state index contributed by atoms with van der Waals surface area (Å²) in [6.07, 6.45) is 1.01. The fraction of sp³-hybridized carbons (Fsp3) is 0.357. The van der Waals surface area contributed by atoms with E-state index in [1.807, 2.05) is 0 Å². The van der Waals surface area contributed by atoms with E-state index in [0.29, 0.717) is 5.92 Å². The summed E-state index contributed by atoms with van der Waals surface area (Å²) in [4.78, 5) is 4.59. The van der Waals surface area contributed by atoms with Crippen LogP contribution in [0.3, 0.4) is 0 Å². The molecule has 16 heavy (non-hydrogen) atoms. The number of benzene rings is 1. The molecular weight excluding hydrogens is 214 g/mol. The minimum atomic E-state index is 0.594. The number of aryl methyl sites for hydroxylation is 1. The van der Waals surface area contributed by atoms with Gasteiger partial charge in [-0.05, 0) is 17.9 Å². The first kappa shape index (κ1) is 11.3. The molecule has 1 aromatic carbocycles. The molecule has 0 radical (unpaired) electrons. The molecule has 2 heteroatoms. The summed E-state index contributed by atoms with van der Waals surface area (Å²) in [5.74, 6) is 0.594. The smallest absolute Gasteiger partial charge is 0.123 e. The Bertz CT molecular complexity index is 454. The molecule has 0 atom stereocenters. The van der Waals surface area contributed by atoms with Crippen LogP contribution in [0, 0.1) is 0 Å². The summed E-state index contributed by atoms with van der Waals surface area (Å²) in [6.45, 7) is 6.57.